The smallest absolute Gasteiger partial charge is 0.308 e. The predicted octanol–water partition coefficient (Wildman–Crippen LogP) is 0.898. The number of rotatable bonds is 2. The zero-order chi connectivity index (χ0) is 9.26. The normalized spacial score (nSPS) is 35.4. The van der Waals surface area contributed by atoms with Gasteiger partial charge in [0.25, 0.3) is 0 Å². The molecule has 1 heterocycles. The summed E-state index contributed by atoms with van der Waals surface area (Å²) in [7, 11) is 0. The van der Waals surface area contributed by atoms with Crippen LogP contribution in [0.4, 0.5) is 0 Å². The summed E-state index contributed by atoms with van der Waals surface area (Å²) in [6.45, 7) is 2.16. The van der Waals surface area contributed by atoms with Crippen LogP contribution in [0.1, 0.15) is 12.8 Å². The maximum Gasteiger partial charge on any atom is 0.308 e. The number of hydrogen-bond acceptors (Lipinski definition) is 3. The van der Waals surface area contributed by atoms with Gasteiger partial charge in [-0.2, -0.15) is 11.8 Å². The Morgan fingerprint density at radius 3 is 2.46 bits per heavy atom. The molecule has 2 unspecified atom stereocenters. The van der Waals surface area contributed by atoms with E-state index in [4.69, 9.17) is 5.11 Å². The molecule has 1 saturated heterocycles. The largest absolute Gasteiger partial charge is 0.481 e. The molecule has 0 radical (unpaired) electrons. The van der Waals surface area contributed by atoms with Gasteiger partial charge < -0.3 is 5.11 Å². The summed E-state index contributed by atoms with van der Waals surface area (Å²) in [5.41, 5.74) is 0. The monoisotopic (exact) mass is 201 g/mol. The van der Waals surface area contributed by atoms with Gasteiger partial charge >= 0.3 is 5.97 Å². The Morgan fingerprint density at radius 1 is 1.31 bits per heavy atom. The summed E-state index contributed by atoms with van der Waals surface area (Å²) in [6, 6.07) is 0.346. The lowest BCUT2D eigenvalue weighted by atomic mass is 9.78. The Kier molecular flexibility index (Phi) is 2.79. The van der Waals surface area contributed by atoms with Crippen molar-refractivity contribution in [1.82, 2.24) is 4.90 Å². The van der Waals surface area contributed by atoms with E-state index in [0.29, 0.717) is 6.04 Å². The van der Waals surface area contributed by atoms with Crippen molar-refractivity contribution in [3.05, 3.63) is 0 Å². The van der Waals surface area contributed by atoms with E-state index in [9.17, 15) is 4.79 Å². The number of carboxylic acid groups (broad SMARTS) is 1. The van der Waals surface area contributed by atoms with Crippen LogP contribution >= 0.6 is 11.8 Å². The van der Waals surface area contributed by atoms with E-state index < -0.39 is 5.97 Å². The molecule has 0 aromatic heterocycles. The second kappa shape index (κ2) is 3.88. The van der Waals surface area contributed by atoms with Gasteiger partial charge in [0.05, 0.1) is 5.92 Å². The maximum atomic E-state index is 10.8. The molecule has 0 spiro atoms. The Morgan fingerprint density at radius 2 is 2.00 bits per heavy atom. The minimum atomic E-state index is -0.602. The van der Waals surface area contributed by atoms with Crippen molar-refractivity contribution in [2.45, 2.75) is 18.9 Å². The first kappa shape index (κ1) is 9.34. The van der Waals surface area contributed by atoms with Crippen molar-refractivity contribution in [3.63, 3.8) is 0 Å². The van der Waals surface area contributed by atoms with Gasteiger partial charge in [0.1, 0.15) is 0 Å². The number of carboxylic acids is 1. The minimum absolute atomic E-state index is 0.0805. The summed E-state index contributed by atoms with van der Waals surface area (Å²) in [5.74, 6) is 1.66. The zero-order valence-electron chi connectivity index (χ0n) is 7.61. The Labute approximate surface area is 82.5 Å². The second-order valence-corrected chi connectivity index (χ2v) is 4.96. The molecule has 0 amide bonds. The third-order valence-electron chi connectivity index (χ3n) is 3.07. The highest BCUT2D eigenvalue weighted by Crippen LogP contribution is 2.33. The van der Waals surface area contributed by atoms with E-state index >= 15 is 0 Å². The van der Waals surface area contributed by atoms with E-state index in [-0.39, 0.29) is 5.92 Å². The van der Waals surface area contributed by atoms with Crippen LogP contribution in [0, 0.1) is 5.92 Å². The van der Waals surface area contributed by atoms with Crippen LogP contribution in [0.25, 0.3) is 0 Å². The van der Waals surface area contributed by atoms with Crippen molar-refractivity contribution in [2.24, 2.45) is 5.92 Å². The molecule has 0 aromatic rings. The van der Waals surface area contributed by atoms with Gasteiger partial charge in [-0.3, -0.25) is 9.69 Å². The van der Waals surface area contributed by atoms with E-state index in [0.717, 1.165) is 25.9 Å². The summed E-state index contributed by atoms with van der Waals surface area (Å²) in [4.78, 5) is 13.2. The number of aliphatic carboxylic acids is 1. The van der Waals surface area contributed by atoms with Crippen molar-refractivity contribution < 1.29 is 9.90 Å². The van der Waals surface area contributed by atoms with Gasteiger partial charge in [-0.25, -0.2) is 0 Å². The fourth-order valence-electron chi connectivity index (χ4n) is 2.12. The molecule has 2 fully saturated rings. The van der Waals surface area contributed by atoms with Gasteiger partial charge in [0.2, 0.25) is 0 Å². The van der Waals surface area contributed by atoms with Crippen LogP contribution in [-0.2, 0) is 4.79 Å². The topological polar surface area (TPSA) is 40.5 Å². The van der Waals surface area contributed by atoms with Crippen molar-refractivity contribution in [1.29, 1.82) is 0 Å². The Bertz CT molecular complexity index is 204. The molecular formula is C9H15NO2S. The van der Waals surface area contributed by atoms with Crippen LogP contribution in [-0.4, -0.2) is 46.6 Å². The molecule has 74 valence electrons. The molecule has 2 aliphatic rings. The predicted molar refractivity (Wildman–Crippen MR) is 53.0 cm³/mol. The maximum absolute atomic E-state index is 10.8. The highest BCUT2D eigenvalue weighted by Gasteiger charge is 2.40. The van der Waals surface area contributed by atoms with E-state index in [1.54, 1.807) is 0 Å². The summed E-state index contributed by atoms with van der Waals surface area (Å²) in [6.07, 6.45) is 1.96. The van der Waals surface area contributed by atoms with Crippen LogP contribution in [0.5, 0.6) is 0 Å². The molecule has 0 bridgehead atoms. The lowest BCUT2D eigenvalue weighted by Gasteiger charge is -2.43. The molecule has 1 saturated carbocycles. The van der Waals surface area contributed by atoms with Crippen LogP contribution in [0.3, 0.4) is 0 Å². The molecule has 2 atom stereocenters. The summed E-state index contributed by atoms with van der Waals surface area (Å²) >= 11 is 1.97. The Balaban J connectivity index is 1.89. The summed E-state index contributed by atoms with van der Waals surface area (Å²) < 4.78 is 0. The molecule has 0 aromatic carbocycles. The zero-order valence-corrected chi connectivity index (χ0v) is 8.42. The average molecular weight is 201 g/mol. The number of carbonyl (C=O) groups is 1. The van der Waals surface area contributed by atoms with Crippen LogP contribution < -0.4 is 0 Å². The lowest BCUT2D eigenvalue weighted by molar-refractivity contribution is -0.148. The molecule has 3 nitrogen and oxygen atoms in total. The van der Waals surface area contributed by atoms with Gasteiger partial charge in [0.15, 0.2) is 0 Å². The third-order valence-corrected chi connectivity index (χ3v) is 4.01. The number of thioether (sulfide) groups is 1. The van der Waals surface area contributed by atoms with Crippen molar-refractivity contribution in [3.8, 4) is 0 Å². The van der Waals surface area contributed by atoms with E-state index in [1.165, 1.54) is 11.5 Å². The molecule has 2 rings (SSSR count). The fourth-order valence-corrected chi connectivity index (χ4v) is 3.05. The Hall–Kier alpha value is -0.220. The van der Waals surface area contributed by atoms with E-state index in [2.05, 4.69) is 4.90 Å². The fraction of sp³-hybridized carbons (Fsp3) is 0.889. The number of hydrogen-bond donors (Lipinski definition) is 1. The lowest BCUT2D eigenvalue weighted by Crippen LogP contribution is -2.52. The first-order valence-electron chi connectivity index (χ1n) is 4.83. The van der Waals surface area contributed by atoms with Gasteiger partial charge in [-0.05, 0) is 12.8 Å². The first-order chi connectivity index (χ1) is 6.29. The second-order valence-electron chi connectivity index (χ2n) is 3.74. The molecule has 1 aliphatic carbocycles. The van der Waals surface area contributed by atoms with Gasteiger partial charge in [-0.1, -0.05) is 0 Å². The van der Waals surface area contributed by atoms with Crippen molar-refractivity contribution >= 4 is 17.7 Å². The van der Waals surface area contributed by atoms with E-state index in [1.807, 2.05) is 11.8 Å². The van der Waals surface area contributed by atoms with Crippen LogP contribution in [0.2, 0.25) is 0 Å². The quantitative estimate of drug-likeness (QED) is 0.720. The molecular weight excluding hydrogens is 186 g/mol. The third kappa shape index (κ3) is 1.83. The van der Waals surface area contributed by atoms with Crippen molar-refractivity contribution in [2.75, 3.05) is 24.6 Å². The van der Waals surface area contributed by atoms with Gasteiger partial charge in [0, 0.05) is 30.6 Å². The molecule has 4 heteroatoms. The average Bonchev–Trinajstić information content (AvgIpc) is 2.02. The highest BCUT2D eigenvalue weighted by molar-refractivity contribution is 7.99. The SMILES string of the molecule is O=C(O)C1CCC1N1CCSCC1. The first-order valence-corrected chi connectivity index (χ1v) is 5.99. The highest BCUT2D eigenvalue weighted by atomic mass is 32.2. The van der Waals surface area contributed by atoms with Crippen LogP contribution in [0.15, 0.2) is 0 Å². The molecule has 13 heavy (non-hydrogen) atoms. The summed E-state index contributed by atoms with van der Waals surface area (Å²) in [5, 5.41) is 8.90. The standard InChI is InChI=1S/C9H15NO2S/c11-9(12)7-1-2-8(7)10-3-5-13-6-4-10/h7-8H,1-6H2,(H,11,12). The number of nitrogens with zero attached hydrogens (tertiary/aromatic N) is 1. The molecule has 1 aliphatic heterocycles. The van der Waals surface area contributed by atoms with Gasteiger partial charge in [-0.15, -0.1) is 0 Å². The molecule has 1 N–H and O–H groups in total. The minimum Gasteiger partial charge on any atom is -0.481 e.